The minimum absolute atomic E-state index is 0.00338. The van der Waals surface area contributed by atoms with Gasteiger partial charge in [-0.1, -0.05) is 30.3 Å². The van der Waals surface area contributed by atoms with Crippen molar-refractivity contribution in [2.45, 2.75) is 26.3 Å². The molecule has 27 heavy (non-hydrogen) atoms. The maximum absolute atomic E-state index is 12.2. The number of hydrogen-bond acceptors (Lipinski definition) is 5. The molecule has 140 valence electrons. The third kappa shape index (κ3) is 4.98. The number of nitrogens with zero attached hydrogens (tertiary/aromatic N) is 3. The lowest BCUT2D eigenvalue weighted by Gasteiger charge is -2.27. The van der Waals surface area contributed by atoms with E-state index in [9.17, 15) is 14.9 Å². The van der Waals surface area contributed by atoms with E-state index in [1.807, 2.05) is 18.2 Å². The van der Waals surface area contributed by atoms with Gasteiger partial charge in [0, 0.05) is 55.4 Å². The predicted octanol–water partition coefficient (Wildman–Crippen LogP) is 3.29. The fourth-order valence-electron chi connectivity index (χ4n) is 3.12. The third-order valence-electron chi connectivity index (χ3n) is 4.65. The molecular formula is C20H22N4O3. The topological polar surface area (TPSA) is 87.8 Å². The average molecular weight is 366 g/mol. The van der Waals surface area contributed by atoms with Crippen LogP contribution in [0.25, 0.3) is 0 Å². The zero-order valence-corrected chi connectivity index (χ0v) is 15.2. The van der Waals surface area contributed by atoms with Crippen LogP contribution in [0.2, 0.25) is 0 Å². The number of carbonyl (C=O) groups excluding carboxylic acids is 1. The Labute approximate surface area is 157 Å². The Morgan fingerprint density at radius 3 is 2.52 bits per heavy atom. The number of aryl methyl sites for hydroxylation is 1. The van der Waals surface area contributed by atoms with Gasteiger partial charge in [-0.15, -0.1) is 0 Å². The van der Waals surface area contributed by atoms with Gasteiger partial charge >= 0.3 is 0 Å². The minimum Gasteiger partial charge on any atom is -0.298 e. The van der Waals surface area contributed by atoms with E-state index < -0.39 is 4.92 Å². The Morgan fingerprint density at radius 1 is 1.19 bits per heavy atom. The van der Waals surface area contributed by atoms with Gasteiger partial charge in [0.05, 0.1) is 4.92 Å². The molecular weight excluding hydrogens is 344 g/mol. The number of nitro groups is 1. The van der Waals surface area contributed by atoms with Gasteiger partial charge in [-0.25, -0.2) is 5.43 Å². The molecule has 0 bridgehead atoms. The summed E-state index contributed by atoms with van der Waals surface area (Å²) in [5.41, 5.74) is 5.65. The summed E-state index contributed by atoms with van der Waals surface area (Å²) in [5.74, 6) is -0.354. The number of carbonyl (C=O) groups is 1. The second kappa shape index (κ2) is 8.55. The molecule has 1 heterocycles. The van der Waals surface area contributed by atoms with Crippen LogP contribution in [0, 0.1) is 17.0 Å². The SMILES string of the molecule is Cc1cc(C(=O)NN=C2CCN(Cc3ccccc3)CC2)ccc1[N+](=O)[O-]. The van der Waals surface area contributed by atoms with Gasteiger partial charge in [0.1, 0.15) is 0 Å². The maximum Gasteiger partial charge on any atom is 0.272 e. The number of hydrazone groups is 1. The van der Waals surface area contributed by atoms with Gasteiger partial charge in [0.2, 0.25) is 0 Å². The highest BCUT2D eigenvalue weighted by atomic mass is 16.6. The van der Waals surface area contributed by atoms with E-state index in [2.05, 4.69) is 27.6 Å². The molecule has 0 atom stereocenters. The fraction of sp³-hybridized carbons (Fsp3) is 0.300. The molecule has 0 saturated carbocycles. The largest absolute Gasteiger partial charge is 0.298 e. The van der Waals surface area contributed by atoms with Crippen LogP contribution in [-0.2, 0) is 6.54 Å². The summed E-state index contributed by atoms with van der Waals surface area (Å²) in [5, 5.41) is 15.1. The number of amides is 1. The lowest BCUT2D eigenvalue weighted by atomic mass is 10.1. The Balaban J connectivity index is 1.52. The first-order valence-corrected chi connectivity index (χ1v) is 8.90. The minimum atomic E-state index is -0.458. The first kappa shape index (κ1) is 18.7. The number of likely N-dealkylation sites (tertiary alicyclic amines) is 1. The molecule has 1 fully saturated rings. The summed E-state index contributed by atoms with van der Waals surface area (Å²) in [4.78, 5) is 25.0. The van der Waals surface area contributed by atoms with Gasteiger partial charge in [0.25, 0.3) is 11.6 Å². The van der Waals surface area contributed by atoms with E-state index >= 15 is 0 Å². The zero-order valence-electron chi connectivity index (χ0n) is 15.2. The monoisotopic (exact) mass is 366 g/mol. The van der Waals surface area contributed by atoms with Crippen LogP contribution in [0.5, 0.6) is 0 Å². The Bertz CT molecular complexity index is 855. The molecule has 0 aromatic heterocycles. The Hall–Kier alpha value is -3.06. The normalized spacial score (nSPS) is 14.6. The van der Waals surface area contributed by atoms with Crippen molar-refractivity contribution in [3.05, 3.63) is 75.3 Å². The number of benzene rings is 2. The predicted molar refractivity (Wildman–Crippen MR) is 104 cm³/mol. The first-order valence-electron chi connectivity index (χ1n) is 8.90. The van der Waals surface area contributed by atoms with Crippen molar-refractivity contribution in [3.63, 3.8) is 0 Å². The van der Waals surface area contributed by atoms with Crippen molar-refractivity contribution in [1.29, 1.82) is 0 Å². The summed E-state index contributed by atoms with van der Waals surface area (Å²) in [6.07, 6.45) is 1.62. The standard InChI is InChI=1S/C20H22N4O3/c1-15-13-17(7-8-19(15)24(26)27)20(25)22-21-18-9-11-23(12-10-18)14-16-5-3-2-4-6-16/h2-8,13H,9-12,14H2,1H3,(H,22,25). The molecule has 1 aliphatic heterocycles. The highest BCUT2D eigenvalue weighted by Crippen LogP contribution is 2.18. The number of piperidine rings is 1. The van der Waals surface area contributed by atoms with Crippen LogP contribution in [0.3, 0.4) is 0 Å². The van der Waals surface area contributed by atoms with Crippen molar-refractivity contribution in [1.82, 2.24) is 10.3 Å². The highest BCUT2D eigenvalue weighted by Gasteiger charge is 2.17. The second-order valence-corrected chi connectivity index (χ2v) is 6.64. The van der Waals surface area contributed by atoms with Gasteiger partial charge in [-0.05, 0) is 24.6 Å². The fourth-order valence-corrected chi connectivity index (χ4v) is 3.12. The maximum atomic E-state index is 12.2. The van der Waals surface area contributed by atoms with Crippen molar-refractivity contribution in [2.75, 3.05) is 13.1 Å². The smallest absolute Gasteiger partial charge is 0.272 e. The molecule has 0 unspecified atom stereocenters. The number of hydrogen-bond donors (Lipinski definition) is 1. The molecule has 7 nitrogen and oxygen atoms in total. The van der Waals surface area contributed by atoms with Crippen molar-refractivity contribution >= 4 is 17.3 Å². The van der Waals surface area contributed by atoms with Crippen molar-refractivity contribution < 1.29 is 9.72 Å². The van der Waals surface area contributed by atoms with E-state index in [0.717, 1.165) is 38.2 Å². The van der Waals surface area contributed by atoms with Gasteiger partial charge < -0.3 is 0 Å². The lowest BCUT2D eigenvalue weighted by molar-refractivity contribution is -0.385. The van der Waals surface area contributed by atoms with E-state index in [0.29, 0.717) is 11.1 Å². The van der Waals surface area contributed by atoms with Gasteiger partial charge in [-0.2, -0.15) is 5.10 Å². The number of nitrogens with one attached hydrogen (secondary N) is 1. The van der Waals surface area contributed by atoms with E-state index in [1.54, 1.807) is 6.92 Å². The van der Waals surface area contributed by atoms with Crippen LogP contribution < -0.4 is 5.43 Å². The number of rotatable bonds is 5. The van der Waals surface area contributed by atoms with Crippen LogP contribution in [-0.4, -0.2) is 34.5 Å². The molecule has 2 aromatic carbocycles. The van der Waals surface area contributed by atoms with Crippen molar-refractivity contribution in [3.8, 4) is 0 Å². The molecule has 1 aliphatic rings. The molecule has 0 spiro atoms. The van der Waals surface area contributed by atoms with E-state index in [1.165, 1.54) is 23.8 Å². The van der Waals surface area contributed by atoms with Crippen molar-refractivity contribution in [2.24, 2.45) is 5.10 Å². The summed E-state index contributed by atoms with van der Waals surface area (Å²) >= 11 is 0. The molecule has 7 heteroatoms. The molecule has 2 aromatic rings. The molecule has 3 rings (SSSR count). The van der Waals surface area contributed by atoms with Gasteiger partial charge in [0.15, 0.2) is 0 Å². The average Bonchev–Trinajstić information content (AvgIpc) is 2.67. The van der Waals surface area contributed by atoms with Crippen LogP contribution in [0.15, 0.2) is 53.6 Å². The zero-order chi connectivity index (χ0) is 19.2. The first-order chi connectivity index (χ1) is 13.0. The summed E-state index contributed by atoms with van der Waals surface area (Å²) in [6.45, 7) is 4.34. The number of nitro benzene ring substituents is 1. The van der Waals surface area contributed by atoms with Crippen LogP contribution in [0.1, 0.15) is 34.3 Å². The molecule has 0 radical (unpaired) electrons. The van der Waals surface area contributed by atoms with E-state index in [-0.39, 0.29) is 11.6 Å². The summed E-state index contributed by atoms with van der Waals surface area (Å²) in [7, 11) is 0. The van der Waals surface area contributed by atoms with Gasteiger partial charge in [-0.3, -0.25) is 19.8 Å². The molecule has 1 amide bonds. The Morgan fingerprint density at radius 2 is 1.89 bits per heavy atom. The second-order valence-electron chi connectivity index (χ2n) is 6.64. The highest BCUT2D eigenvalue weighted by molar-refractivity contribution is 5.96. The Kier molecular flexibility index (Phi) is 5.93. The van der Waals surface area contributed by atoms with Crippen LogP contribution in [0.4, 0.5) is 5.69 Å². The molecule has 1 saturated heterocycles. The summed E-state index contributed by atoms with van der Waals surface area (Å²) in [6, 6.07) is 14.6. The quantitative estimate of drug-likeness (QED) is 0.650. The van der Waals surface area contributed by atoms with Crippen LogP contribution >= 0.6 is 0 Å². The summed E-state index contributed by atoms with van der Waals surface area (Å²) < 4.78 is 0. The molecule has 0 aliphatic carbocycles. The van der Waals surface area contributed by atoms with E-state index in [4.69, 9.17) is 0 Å². The molecule has 1 N–H and O–H groups in total. The third-order valence-corrected chi connectivity index (χ3v) is 4.65. The lowest BCUT2D eigenvalue weighted by Crippen LogP contribution is -2.34.